The average molecular weight is 318 g/mol. The van der Waals surface area contributed by atoms with Gasteiger partial charge in [0.25, 0.3) is 20.2 Å². The van der Waals surface area contributed by atoms with Crippen molar-refractivity contribution in [1.29, 1.82) is 0 Å². The van der Waals surface area contributed by atoms with E-state index in [1.54, 1.807) is 0 Å². The van der Waals surface area contributed by atoms with Crippen molar-refractivity contribution < 1.29 is 40.3 Å². The summed E-state index contributed by atoms with van der Waals surface area (Å²) in [4.78, 5) is 20.3. The van der Waals surface area contributed by atoms with Crippen LogP contribution in [0.25, 0.3) is 0 Å². The van der Waals surface area contributed by atoms with Crippen molar-refractivity contribution in [2.24, 2.45) is 0 Å². The molecule has 0 saturated heterocycles. The van der Waals surface area contributed by atoms with Crippen molar-refractivity contribution >= 4 is 32.2 Å². The fourth-order valence-electron chi connectivity index (χ4n) is 1.03. The van der Waals surface area contributed by atoms with Crippen molar-refractivity contribution in [1.82, 2.24) is 0 Å². The second-order valence-electron chi connectivity index (χ2n) is 3.59. The summed E-state index contributed by atoms with van der Waals surface area (Å²) in [5, 5.41) is 16.6. The van der Waals surface area contributed by atoms with Crippen molar-refractivity contribution in [3.8, 4) is 0 Å². The molecule has 0 amide bonds. The lowest BCUT2D eigenvalue weighted by Crippen LogP contribution is -2.20. The molecule has 0 unspecified atom stereocenters. The van der Waals surface area contributed by atoms with E-state index in [1.807, 2.05) is 0 Å². The van der Waals surface area contributed by atoms with Crippen LogP contribution in [0, 0.1) is 0 Å². The van der Waals surface area contributed by atoms with Crippen molar-refractivity contribution in [2.75, 3.05) is 11.5 Å². The molecule has 0 aliphatic rings. The van der Waals surface area contributed by atoms with Gasteiger partial charge in [-0.2, -0.15) is 16.8 Å². The van der Waals surface area contributed by atoms with Crippen LogP contribution in [0.2, 0.25) is 0 Å². The summed E-state index contributed by atoms with van der Waals surface area (Å²) in [5.74, 6) is -3.89. The van der Waals surface area contributed by atoms with Crippen LogP contribution in [-0.2, 0) is 33.5 Å². The minimum absolute atomic E-state index is 0.275. The quantitative estimate of drug-likeness (QED) is 0.537. The van der Waals surface area contributed by atoms with Gasteiger partial charge < -0.3 is 10.2 Å². The summed E-state index contributed by atoms with van der Waals surface area (Å²) < 4.78 is 48.8. The number of hydrogen-bond acceptors (Lipinski definition) is 7. The molecule has 19 heavy (non-hydrogen) atoms. The van der Waals surface area contributed by atoms with Crippen LogP contribution in [0.15, 0.2) is 0 Å². The second-order valence-corrected chi connectivity index (χ2v) is 7.18. The smallest absolute Gasteiger partial charge is 0.303 e. The molecule has 112 valence electrons. The second kappa shape index (κ2) is 7.40. The number of carboxylic acids is 2. The molecule has 0 aliphatic carbocycles. The average Bonchev–Trinajstić information content (AvgIpc) is 2.12. The van der Waals surface area contributed by atoms with Crippen LogP contribution in [0.1, 0.15) is 25.7 Å². The zero-order valence-electron chi connectivity index (χ0n) is 9.81. The maximum Gasteiger partial charge on any atom is 0.303 e. The highest BCUT2D eigenvalue weighted by atomic mass is 32.3. The lowest BCUT2D eigenvalue weighted by Gasteiger charge is -2.05. The van der Waals surface area contributed by atoms with Gasteiger partial charge in [0.15, 0.2) is 0 Å². The molecule has 0 spiro atoms. The largest absolute Gasteiger partial charge is 0.481 e. The van der Waals surface area contributed by atoms with Gasteiger partial charge in [-0.15, -0.1) is 3.63 Å². The topological polar surface area (TPSA) is 152 Å². The third kappa shape index (κ3) is 10.4. The van der Waals surface area contributed by atoms with Crippen molar-refractivity contribution in [2.45, 2.75) is 25.7 Å². The Kier molecular flexibility index (Phi) is 6.94. The van der Waals surface area contributed by atoms with E-state index in [0.29, 0.717) is 0 Å². The Bertz CT molecular complexity index is 468. The summed E-state index contributed by atoms with van der Waals surface area (Å²) in [7, 11) is -8.77. The molecule has 0 aromatic rings. The van der Waals surface area contributed by atoms with Crippen LogP contribution in [0.5, 0.6) is 0 Å². The molecule has 0 bridgehead atoms. The van der Waals surface area contributed by atoms with Gasteiger partial charge in [-0.1, -0.05) is 0 Å². The lowest BCUT2D eigenvalue weighted by atomic mass is 10.3. The lowest BCUT2D eigenvalue weighted by molar-refractivity contribution is -0.138. The Balaban J connectivity index is 4.31. The molecule has 0 rings (SSSR count). The van der Waals surface area contributed by atoms with Crippen molar-refractivity contribution in [3.63, 3.8) is 0 Å². The van der Waals surface area contributed by atoms with Gasteiger partial charge >= 0.3 is 11.9 Å². The zero-order valence-corrected chi connectivity index (χ0v) is 11.4. The van der Waals surface area contributed by atoms with E-state index in [2.05, 4.69) is 3.63 Å². The van der Waals surface area contributed by atoms with Crippen LogP contribution in [0.3, 0.4) is 0 Å². The van der Waals surface area contributed by atoms with Gasteiger partial charge in [-0.25, -0.2) is 0 Å². The molecule has 0 aromatic carbocycles. The van der Waals surface area contributed by atoms with E-state index in [9.17, 15) is 26.4 Å². The van der Waals surface area contributed by atoms with Crippen LogP contribution in [-0.4, -0.2) is 50.5 Å². The van der Waals surface area contributed by atoms with E-state index in [-0.39, 0.29) is 12.8 Å². The molecule has 9 nitrogen and oxygen atoms in total. The monoisotopic (exact) mass is 318 g/mol. The number of hydrogen-bond donors (Lipinski definition) is 2. The van der Waals surface area contributed by atoms with Crippen LogP contribution in [0.4, 0.5) is 0 Å². The Hall–Kier alpha value is -1.20. The number of rotatable bonds is 10. The summed E-state index contributed by atoms with van der Waals surface area (Å²) >= 11 is 0. The van der Waals surface area contributed by atoms with Gasteiger partial charge in [-0.05, 0) is 12.8 Å². The summed E-state index contributed by atoms with van der Waals surface area (Å²) in [5.41, 5.74) is 0. The summed E-state index contributed by atoms with van der Waals surface area (Å²) in [6.07, 6.45) is -1.41. The molecular weight excluding hydrogens is 304 g/mol. The minimum atomic E-state index is -4.38. The van der Waals surface area contributed by atoms with E-state index < -0.39 is 56.5 Å². The van der Waals surface area contributed by atoms with E-state index in [4.69, 9.17) is 10.2 Å². The summed E-state index contributed by atoms with van der Waals surface area (Å²) in [6, 6.07) is 0. The van der Waals surface area contributed by atoms with E-state index >= 15 is 0 Å². The highest BCUT2D eigenvalue weighted by Gasteiger charge is 2.22. The maximum atomic E-state index is 11.2. The fourth-order valence-corrected chi connectivity index (χ4v) is 3.83. The first-order chi connectivity index (χ1) is 8.54. The Morgan fingerprint density at radius 3 is 1.37 bits per heavy atom. The minimum Gasteiger partial charge on any atom is -0.481 e. The van der Waals surface area contributed by atoms with Gasteiger partial charge in [0.2, 0.25) is 0 Å². The van der Waals surface area contributed by atoms with Gasteiger partial charge in [0, 0.05) is 12.8 Å². The molecular formula is C8H14O9S2. The first-order valence-corrected chi connectivity index (χ1v) is 8.29. The molecule has 0 atom stereocenters. The van der Waals surface area contributed by atoms with Gasteiger partial charge in [-0.3, -0.25) is 9.59 Å². The summed E-state index contributed by atoms with van der Waals surface area (Å²) in [6.45, 7) is 0. The first-order valence-electron chi connectivity index (χ1n) is 5.14. The molecule has 0 radical (unpaired) electrons. The third-order valence-corrected chi connectivity index (χ3v) is 5.01. The van der Waals surface area contributed by atoms with Gasteiger partial charge in [0.1, 0.15) is 0 Å². The zero-order chi connectivity index (χ0) is 15.1. The fraction of sp³-hybridized carbons (Fsp3) is 0.750. The van der Waals surface area contributed by atoms with Crippen LogP contribution >= 0.6 is 0 Å². The van der Waals surface area contributed by atoms with E-state index in [1.165, 1.54) is 0 Å². The highest BCUT2D eigenvalue weighted by Crippen LogP contribution is 2.07. The number of aliphatic carboxylic acids is 2. The number of carbonyl (C=O) groups is 2. The predicted octanol–water partition coefficient (Wildman–Crippen LogP) is -0.608. The molecule has 2 N–H and O–H groups in total. The highest BCUT2D eigenvalue weighted by molar-refractivity contribution is 7.99. The van der Waals surface area contributed by atoms with Crippen molar-refractivity contribution in [3.05, 3.63) is 0 Å². The van der Waals surface area contributed by atoms with Crippen LogP contribution < -0.4 is 0 Å². The normalized spacial score (nSPS) is 12.2. The Morgan fingerprint density at radius 2 is 1.11 bits per heavy atom. The Morgan fingerprint density at radius 1 is 0.789 bits per heavy atom. The van der Waals surface area contributed by atoms with E-state index in [0.717, 1.165) is 0 Å². The van der Waals surface area contributed by atoms with Gasteiger partial charge in [0.05, 0.1) is 11.5 Å². The molecule has 0 aromatic heterocycles. The Labute approximate surface area is 110 Å². The molecule has 0 fully saturated rings. The SMILES string of the molecule is O=C(O)CCCS(=O)(=O)OS(=O)(=O)CCCC(=O)O. The molecule has 0 aliphatic heterocycles. The predicted molar refractivity (Wildman–Crippen MR) is 62.4 cm³/mol. The molecule has 0 heterocycles. The first kappa shape index (κ1) is 17.8. The number of carboxylic acid groups (broad SMARTS) is 2. The molecule has 11 heteroatoms. The maximum absolute atomic E-state index is 11.2. The third-order valence-electron chi connectivity index (χ3n) is 1.78. The molecule has 0 saturated carbocycles. The standard InChI is InChI=1S/C8H14O9S2/c9-7(10)3-1-5-18(13,14)17-19(15,16)6-2-4-8(11)12/h1-6H2,(H,9,10)(H,11,12).